The average Bonchev–Trinajstić information content (AvgIpc) is 2.63. The molecule has 0 aromatic rings. The van der Waals surface area contributed by atoms with Gasteiger partial charge < -0.3 is 19.7 Å². The molecule has 0 spiro atoms. The predicted octanol–water partition coefficient (Wildman–Crippen LogP) is -0.494. The maximum Gasteiger partial charge on any atom is 0.410 e. The molecule has 1 N–H and O–H groups in total. The zero-order chi connectivity index (χ0) is 12.8. The lowest BCUT2D eigenvalue weighted by Crippen LogP contribution is -2.34. The molecule has 1 unspecified atom stereocenters. The van der Waals surface area contributed by atoms with Crippen LogP contribution in [0, 0.1) is 0 Å². The van der Waals surface area contributed by atoms with Gasteiger partial charge in [0.15, 0.2) is 0 Å². The SMILES string of the molecule is COC(=O)CCC(=O)NCC1CN(C)C(=O)O1. The molecular formula is C10H16N2O5. The van der Waals surface area contributed by atoms with Gasteiger partial charge in [-0.15, -0.1) is 0 Å². The van der Waals surface area contributed by atoms with Crippen LogP contribution in [-0.2, 0) is 19.1 Å². The largest absolute Gasteiger partial charge is 0.469 e. The monoisotopic (exact) mass is 244 g/mol. The Morgan fingerprint density at radius 2 is 2.24 bits per heavy atom. The van der Waals surface area contributed by atoms with E-state index in [0.717, 1.165) is 0 Å². The van der Waals surface area contributed by atoms with Gasteiger partial charge in [0.2, 0.25) is 5.91 Å². The Bertz CT molecular complexity index is 318. The smallest absolute Gasteiger partial charge is 0.410 e. The summed E-state index contributed by atoms with van der Waals surface area (Å²) in [5, 5.41) is 2.59. The van der Waals surface area contributed by atoms with Crippen molar-refractivity contribution in [2.75, 3.05) is 27.2 Å². The van der Waals surface area contributed by atoms with E-state index >= 15 is 0 Å². The number of hydrogen-bond acceptors (Lipinski definition) is 5. The minimum Gasteiger partial charge on any atom is -0.469 e. The van der Waals surface area contributed by atoms with Crippen molar-refractivity contribution in [3.8, 4) is 0 Å². The van der Waals surface area contributed by atoms with Crippen molar-refractivity contribution in [2.45, 2.75) is 18.9 Å². The molecule has 1 rings (SSSR count). The number of nitrogens with zero attached hydrogens (tertiary/aromatic N) is 1. The summed E-state index contributed by atoms with van der Waals surface area (Å²) in [6.45, 7) is 0.714. The Kier molecular flexibility index (Phi) is 4.74. The topological polar surface area (TPSA) is 84.9 Å². The van der Waals surface area contributed by atoms with Crippen LogP contribution in [0.2, 0.25) is 0 Å². The number of ether oxygens (including phenoxy) is 2. The van der Waals surface area contributed by atoms with Gasteiger partial charge >= 0.3 is 12.1 Å². The van der Waals surface area contributed by atoms with Crippen LogP contribution in [-0.4, -0.2) is 56.2 Å². The van der Waals surface area contributed by atoms with E-state index in [1.807, 2.05) is 0 Å². The van der Waals surface area contributed by atoms with Crippen LogP contribution >= 0.6 is 0 Å². The number of carbonyl (C=O) groups is 3. The van der Waals surface area contributed by atoms with Gasteiger partial charge in [0.05, 0.1) is 26.6 Å². The molecule has 7 nitrogen and oxygen atoms in total. The summed E-state index contributed by atoms with van der Waals surface area (Å²) in [6.07, 6.45) is -0.594. The first-order valence-corrected chi connectivity index (χ1v) is 5.28. The van der Waals surface area contributed by atoms with Gasteiger partial charge in [0.25, 0.3) is 0 Å². The predicted molar refractivity (Wildman–Crippen MR) is 57.2 cm³/mol. The van der Waals surface area contributed by atoms with Gasteiger partial charge in [0.1, 0.15) is 6.10 Å². The molecule has 0 aromatic carbocycles. The number of esters is 1. The number of hydrogen-bond donors (Lipinski definition) is 1. The third-order valence-electron chi connectivity index (χ3n) is 2.37. The first kappa shape index (κ1) is 13.3. The minimum absolute atomic E-state index is 0.0483. The van der Waals surface area contributed by atoms with Crippen LogP contribution in [0.15, 0.2) is 0 Å². The molecule has 0 aromatic heterocycles. The van der Waals surface area contributed by atoms with Gasteiger partial charge in [-0.3, -0.25) is 9.59 Å². The van der Waals surface area contributed by atoms with Crippen molar-refractivity contribution in [1.29, 1.82) is 0 Å². The average molecular weight is 244 g/mol. The summed E-state index contributed by atoms with van der Waals surface area (Å²) in [7, 11) is 2.90. The molecule has 0 saturated carbocycles. The number of nitrogens with one attached hydrogen (secondary N) is 1. The maximum atomic E-state index is 11.3. The molecule has 1 heterocycles. The molecule has 1 aliphatic heterocycles. The Hall–Kier alpha value is -1.79. The highest BCUT2D eigenvalue weighted by Gasteiger charge is 2.28. The van der Waals surface area contributed by atoms with E-state index in [1.165, 1.54) is 12.0 Å². The lowest BCUT2D eigenvalue weighted by Gasteiger charge is -2.09. The first-order valence-electron chi connectivity index (χ1n) is 5.28. The van der Waals surface area contributed by atoms with E-state index < -0.39 is 5.97 Å². The van der Waals surface area contributed by atoms with Crippen LogP contribution in [0.1, 0.15) is 12.8 Å². The third kappa shape index (κ3) is 4.29. The fourth-order valence-electron chi connectivity index (χ4n) is 1.39. The van der Waals surface area contributed by atoms with Crippen LogP contribution in [0.25, 0.3) is 0 Å². The van der Waals surface area contributed by atoms with Crippen molar-refractivity contribution in [1.82, 2.24) is 10.2 Å². The fraction of sp³-hybridized carbons (Fsp3) is 0.700. The van der Waals surface area contributed by atoms with E-state index in [2.05, 4.69) is 10.1 Å². The molecule has 1 saturated heterocycles. The van der Waals surface area contributed by atoms with Crippen LogP contribution in [0.4, 0.5) is 4.79 Å². The fourth-order valence-corrected chi connectivity index (χ4v) is 1.39. The Labute approximate surface area is 99.0 Å². The molecule has 0 radical (unpaired) electrons. The summed E-state index contributed by atoms with van der Waals surface area (Å²) in [4.78, 5) is 34.5. The molecule has 0 aliphatic carbocycles. The normalized spacial score (nSPS) is 18.8. The zero-order valence-electron chi connectivity index (χ0n) is 9.89. The number of cyclic esters (lactones) is 1. The lowest BCUT2D eigenvalue weighted by molar-refractivity contribution is -0.142. The number of methoxy groups -OCH3 is 1. The van der Waals surface area contributed by atoms with E-state index in [9.17, 15) is 14.4 Å². The second-order valence-electron chi connectivity index (χ2n) is 3.77. The van der Waals surface area contributed by atoms with E-state index in [0.29, 0.717) is 6.54 Å². The number of amides is 2. The first-order chi connectivity index (χ1) is 8.02. The highest BCUT2D eigenvalue weighted by atomic mass is 16.6. The van der Waals surface area contributed by atoms with Crippen molar-refractivity contribution < 1.29 is 23.9 Å². The van der Waals surface area contributed by atoms with Gasteiger partial charge in [-0.1, -0.05) is 0 Å². The molecule has 7 heteroatoms. The molecule has 2 amide bonds. The second kappa shape index (κ2) is 6.07. The van der Waals surface area contributed by atoms with Crippen molar-refractivity contribution in [3.63, 3.8) is 0 Å². The summed E-state index contributed by atoms with van der Waals surface area (Å²) in [6, 6.07) is 0. The van der Waals surface area contributed by atoms with Crippen molar-refractivity contribution >= 4 is 18.0 Å². The molecule has 1 atom stereocenters. The third-order valence-corrected chi connectivity index (χ3v) is 2.37. The quantitative estimate of drug-likeness (QED) is 0.659. The van der Waals surface area contributed by atoms with Gasteiger partial charge in [-0.05, 0) is 0 Å². The van der Waals surface area contributed by atoms with Gasteiger partial charge in [-0.2, -0.15) is 0 Å². The highest BCUT2D eigenvalue weighted by Crippen LogP contribution is 2.07. The molecule has 17 heavy (non-hydrogen) atoms. The van der Waals surface area contributed by atoms with E-state index in [4.69, 9.17) is 4.74 Å². The molecule has 0 bridgehead atoms. The van der Waals surface area contributed by atoms with Crippen LogP contribution in [0.3, 0.4) is 0 Å². The van der Waals surface area contributed by atoms with Gasteiger partial charge in [0, 0.05) is 13.5 Å². The molecular weight excluding hydrogens is 228 g/mol. The Morgan fingerprint density at radius 1 is 1.53 bits per heavy atom. The number of likely N-dealkylation sites (N-methyl/N-ethyl adjacent to an activating group) is 1. The Balaban J connectivity index is 2.16. The van der Waals surface area contributed by atoms with Gasteiger partial charge in [-0.25, -0.2) is 4.79 Å². The van der Waals surface area contributed by atoms with E-state index in [-0.39, 0.29) is 37.5 Å². The van der Waals surface area contributed by atoms with Crippen LogP contribution in [0.5, 0.6) is 0 Å². The Morgan fingerprint density at radius 3 is 2.76 bits per heavy atom. The summed E-state index contributed by atoms with van der Waals surface area (Å²) >= 11 is 0. The molecule has 1 aliphatic rings. The highest BCUT2D eigenvalue weighted by molar-refractivity contribution is 5.81. The standard InChI is InChI=1S/C10H16N2O5/c1-12-6-7(17-10(12)15)5-11-8(13)3-4-9(14)16-2/h7H,3-6H2,1-2H3,(H,11,13). The molecule has 1 fully saturated rings. The summed E-state index contributed by atoms with van der Waals surface area (Å²) in [5.41, 5.74) is 0. The van der Waals surface area contributed by atoms with Crippen LogP contribution < -0.4 is 5.32 Å². The molecule has 96 valence electrons. The second-order valence-corrected chi connectivity index (χ2v) is 3.77. The van der Waals surface area contributed by atoms with Crippen molar-refractivity contribution in [3.05, 3.63) is 0 Å². The number of carbonyl (C=O) groups excluding carboxylic acids is 3. The maximum absolute atomic E-state index is 11.3. The van der Waals surface area contributed by atoms with E-state index in [1.54, 1.807) is 7.05 Å². The van der Waals surface area contributed by atoms with Crippen molar-refractivity contribution in [2.24, 2.45) is 0 Å². The lowest BCUT2D eigenvalue weighted by atomic mass is 10.3. The zero-order valence-corrected chi connectivity index (χ0v) is 9.89. The number of rotatable bonds is 5. The summed E-state index contributed by atoms with van der Waals surface area (Å²) in [5.74, 6) is -0.687. The minimum atomic E-state index is -0.424. The summed E-state index contributed by atoms with van der Waals surface area (Å²) < 4.78 is 9.36.